The van der Waals surface area contributed by atoms with Crippen molar-refractivity contribution in [1.29, 1.82) is 0 Å². The molecule has 3 atom stereocenters. The highest BCUT2D eigenvalue weighted by Gasteiger charge is 2.26. The Kier molecular flexibility index (Phi) is 5.15. The predicted octanol–water partition coefficient (Wildman–Crippen LogP) is 1.42. The number of morpholine rings is 1. The maximum Gasteiger partial charge on any atom is 0.433 e. The average molecular weight is 311 g/mol. The van der Waals surface area contributed by atoms with Crippen molar-refractivity contribution in [3.63, 3.8) is 0 Å². The number of carbonyl (C=O) groups excluding carboxylic acids is 1. The summed E-state index contributed by atoms with van der Waals surface area (Å²) in [5.74, 6) is -0.939. The van der Waals surface area contributed by atoms with Crippen LogP contribution in [-0.4, -0.2) is 53.6 Å². The number of nitro groups is 1. The maximum atomic E-state index is 11.9. The van der Waals surface area contributed by atoms with E-state index in [1.807, 2.05) is 20.8 Å². The number of hydrogen-bond donors (Lipinski definition) is 1. The van der Waals surface area contributed by atoms with Crippen LogP contribution in [0.4, 0.5) is 5.88 Å². The summed E-state index contributed by atoms with van der Waals surface area (Å²) in [4.78, 5) is 24.0. The third kappa shape index (κ3) is 4.05. The van der Waals surface area contributed by atoms with Gasteiger partial charge in [0.15, 0.2) is 5.76 Å². The van der Waals surface area contributed by atoms with Gasteiger partial charge in [-0.05, 0) is 26.8 Å². The molecule has 1 aliphatic heterocycles. The molecule has 0 radical (unpaired) electrons. The normalized spacial score (nSPS) is 24.0. The number of nitrogens with zero attached hydrogens (tertiary/aromatic N) is 2. The Morgan fingerprint density at radius 3 is 2.64 bits per heavy atom. The van der Waals surface area contributed by atoms with E-state index in [2.05, 4.69) is 10.2 Å². The van der Waals surface area contributed by atoms with E-state index in [4.69, 9.17) is 9.15 Å². The van der Waals surface area contributed by atoms with Gasteiger partial charge in [0.25, 0.3) is 5.91 Å². The second kappa shape index (κ2) is 6.89. The minimum atomic E-state index is -0.671. The van der Waals surface area contributed by atoms with E-state index in [0.717, 1.165) is 13.1 Å². The van der Waals surface area contributed by atoms with Crippen molar-refractivity contribution in [2.45, 2.75) is 39.0 Å². The predicted molar refractivity (Wildman–Crippen MR) is 78.7 cm³/mol. The number of carbonyl (C=O) groups is 1. The summed E-state index contributed by atoms with van der Waals surface area (Å²) >= 11 is 0. The maximum absolute atomic E-state index is 11.9. The molecule has 0 aliphatic carbocycles. The fourth-order valence-electron chi connectivity index (χ4n) is 2.58. The molecule has 1 aromatic rings. The minimum absolute atomic E-state index is 0.0531. The van der Waals surface area contributed by atoms with Gasteiger partial charge >= 0.3 is 5.88 Å². The van der Waals surface area contributed by atoms with Gasteiger partial charge in [0.2, 0.25) is 0 Å². The number of ether oxygens (including phenoxy) is 1. The van der Waals surface area contributed by atoms with Gasteiger partial charge in [-0.2, -0.15) is 0 Å². The number of rotatable bonds is 5. The highest BCUT2D eigenvalue weighted by molar-refractivity contribution is 5.91. The number of hydrogen-bond acceptors (Lipinski definition) is 6. The van der Waals surface area contributed by atoms with Crippen molar-refractivity contribution < 1.29 is 18.9 Å². The number of amides is 1. The van der Waals surface area contributed by atoms with Gasteiger partial charge in [-0.3, -0.25) is 19.8 Å². The molecular weight excluding hydrogens is 290 g/mol. The summed E-state index contributed by atoms with van der Waals surface area (Å²) in [6.45, 7) is 8.13. The van der Waals surface area contributed by atoms with Crippen molar-refractivity contribution in [3.8, 4) is 0 Å². The second-order valence-electron chi connectivity index (χ2n) is 5.67. The smallest absolute Gasteiger partial charge is 0.395 e. The van der Waals surface area contributed by atoms with E-state index >= 15 is 0 Å². The summed E-state index contributed by atoms with van der Waals surface area (Å²) in [5, 5.41) is 13.3. The van der Waals surface area contributed by atoms with Crippen molar-refractivity contribution in [2.24, 2.45) is 0 Å². The first-order chi connectivity index (χ1) is 10.4. The highest BCUT2D eigenvalue weighted by atomic mass is 16.6. The van der Waals surface area contributed by atoms with Crippen LogP contribution in [0.1, 0.15) is 31.3 Å². The Bertz CT molecular complexity index is 534. The average Bonchev–Trinajstić information content (AvgIpc) is 2.93. The van der Waals surface area contributed by atoms with E-state index in [1.54, 1.807) is 0 Å². The van der Waals surface area contributed by atoms with Gasteiger partial charge in [0.05, 0.1) is 18.3 Å². The molecule has 1 saturated heterocycles. The van der Waals surface area contributed by atoms with E-state index in [-0.39, 0.29) is 24.0 Å². The van der Waals surface area contributed by atoms with Crippen LogP contribution in [-0.2, 0) is 4.74 Å². The van der Waals surface area contributed by atoms with Crippen molar-refractivity contribution in [3.05, 3.63) is 28.0 Å². The Hall–Kier alpha value is -1.93. The summed E-state index contributed by atoms with van der Waals surface area (Å²) in [6, 6.07) is 2.61. The highest BCUT2D eigenvalue weighted by Crippen LogP contribution is 2.16. The van der Waals surface area contributed by atoms with Crippen LogP contribution < -0.4 is 5.32 Å². The molecule has 22 heavy (non-hydrogen) atoms. The molecule has 8 heteroatoms. The Morgan fingerprint density at radius 1 is 1.45 bits per heavy atom. The molecule has 0 bridgehead atoms. The third-order valence-electron chi connectivity index (χ3n) is 3.62. The zero-order valence-electron chi connectivity index (χ0n) is 12.9. The molecule has 1 N–H and O–H groups in total. The zero-order valence-corrected chi connectivity index (χ0v) is 12.9. The molecule has 0 saturated carbocycles. The quantitative estimate of drug-likeness (QED) is 0.652. The lowest BCUT2D eigenvalue weighted by Gasteiger charge is -2.38. The Labute approximate surface area is 128 Å². The zero-order chi connectivity index (χ0) is 16.3. The van der Waals surface area contributed by atoms with Crippen molar-refractivity contribution >= 4 is 11.8 Å². The van der Waals surface area contributed by atoms with E-state index in [1.165, 1.54) is 12.1 Å². The monoisotopic (exact) mass is 311 g/mol. The molecule has 0 spiro atoms. The van der Waals surface area contributed by atoms with Gasteiger partial charge in [-0.25, -0.2) is 0 Å². The molecule has 1 aliphatic rings. The lowest BCUT2D eigenvalue weighted by molar-refractivity contribution is -0.402. The Balaban J connectivity index is 1.85. The lowest BCUT2D eigenvalue weighted by Crippen LogP contribution is -2.52. The molecule has 1 fully saturated rings. The number of furan rings is 1. The molecule has 0 unspecified atom stereocenters. The van der Waals surface area contributed by atoms with Crippen LogP contribution in [0.3, 0.4) is 0 Å². The molecular formula is C14H21N3O5. The summed E-state index contributed by atoms with van der Waals surface area (Å²) < 4.78 is 10.6. The van der Waals surface area contributed by atoms with Gasteiger partial charge in [-0.1, -0.05) is 0 Å². The standard InChI is InChI=1S/C14H21N3O5/c1-9(16-7-10(2)21-11(3)8-16)6-15-14(18)12-4-5-13(22-12)17(19)20/h4-5,9-11H,6-8H2,1-3H3,(H,15,18)/t9-,10-,11-/m1/s1. The van der Waals surface area contributed by atoms with Crippen LogP contribution in [0.15, 0.2) is 16.5 Å². The van der Waals surface area contributed by atoms with Gasteiger partial charge < -0.3 is 14.5 Å². The van der Waals surface area contributed by atoms with Crippen LogP contribution in [0.2, 0.25) is 0 Å². The summed E-state index contributed by atoms with van der Waals surface area (Å²) in [5.41, 5.74) is 0. The first kappa shape index (κ1) is 16.4. The Morgan fingerprint density at radius 2 is 2.09 bits per heavy atom. The molecule has 2 heterocycles. The third-order valence-corrected chi connectivity index (χ3v) is 3.62. The van der Waals surface area contributed by atoms with Gasteiger partial charge in [0.1, 0.15) is 4.92 Å². The molecule has 1 amide bonds. The second-order valence-corrected chi connectivity index (χ2v) is 5.67. The first-order valence-corrected chi connectivity index (χ1v) is 7.28. The fourth-order valence-corrected chi connectivity index (χ4v) is 2.58. The van der Waals surface area contributed by atoms with E-state index in [0.29, 0.717) is 6.54 Å². The van der Waals surface area contributed by atoms with Gasteiger partial charge in [0, 0.05) is 25.7 Å². The topological polar surface area (TPSA) is 97.9 Å². The van der Waals surface area contributed by atoms with E-state index < -0.39 is 16.7 Å². The fraction of sp³-hybridized carbons (Fsp3) is 0.643. The van der Waals surface area contributed by atoms with Crippen molar-refractivity contribution in [2.75, 3.05) is 19.6 Å². The largest absolute Gasteiger partial charge is 0.433 e. The van der Waals surface area contributed by atoms with Crippen molar-refractivity contribution in [1.82, 2.24) is 10.2 Å². The molecule has 0 aromatic carbocycles. The van der Waals surface area contributed by atoms with Crippen LogP contribution in [0.25, 0.3) is 0 Å². The minimum Gasteiger partial charge on any atom is -0.395 e. The van der Waals surface area contributed by atoms with E-state index in [9.17, 15) is 14.9 Å². The molecule has 2 rings (SSSR count). The van der Waals surface area contributed by atoms with Crippen LogP contribution in [0, 0.1) is 10.1 Å². The molecule has 122 valence electrons. The van der Waals surface area contributed by atoms with Crippen LogP contribution >= 0.6 is 0 Å². The summed E-state index contributed by atoms with van der Waals surface area (Å²) in [7, 11) is 0. The summed E-state index contributed by atoms with van der Waals surface area (Å²) in [6.07, 6.45) is 0.323. The first-order valence-electron chi connectivity index (χ1n) is 7.28. The van der Waals surface area contributed by atoms with Gasteiger partial charge in [-0.15, -0.1) is 0 Å². The number of nitrogens with one attached hydrogen (secondary N) is 1. The van der Waals surface area contributed by atoms with Crippen LogP contribution in [0.5, 0.6) is 0 Å². The SMILES string of the molecule is C[C@@H]1CN([C@H](C)CNC(=O)c2ccc([N+](=O)[O-])o2)C[C@@H](C)O1. The molecule has 8 nitrogen and oxygen atoms in total. The lowest BCUT2D eigenvalue weighted by atomic mass is 10.1. The molecule has 1 aromatic heterocycles.